The van der Waals surface area contributed by atoms with Gasteiger partial charge in [-0.1, -0.05) is 31.4 Å². The normalized spacial score (nSPS) is 17.0. The first-order chi connectivity index (χ1) is 8.38. The topological polar surface area (TPSA) is 32.3 Å². The van der Waals surface area contributed by atoms with Gasteiger partial charge in [0, 0.05) is 18.3 Å². The van der Waals surface area contributed by atoms with Crippen LogP contribution in [0, 0.1) is 0 Å². The lowest BCUT2D eigenvalue weighted by Gasteiger charge is -2.24. The van der Waals surface area contributed by atoms with Gasteiger partial charge in [0.1, 0.15) is 0 Å². The van der Waals surface area contributed by atoms with Crippen molar-refractivity contribution in [2.24, 2.45) is 0 Å². The highest BCUT2D eigenvalue weighted by Crippen LogP contribution is 2.22. The average Bonchev–Trinajstić information content (AvgIpc) is 2.38. The van der Waals surface area contributed by atoms with Gasteiger partial charge in [-0.25, -0.2) is 0 Å². The van der Waals surface area contributed by atoms with Crippen molar-refractivity contribution < 1.29 is 5.11 Å². The van der Waals surface area contributed by atoms with Crippen LogP contribution in [-0.2, 0) is 6.42 Å². The summed E-state index contributed by atoms with van der Waals surface area (Å²) in [5.74, 6) is 0. The van der Waals surface area contributed by atoms with Crippen LogP contribution in [0.25, 0.3) is 0 Å². The van der Waals surface area contributed by atoms with Gasteiger partial charge in [-0.2, -0.15) is 0 Å². The highest BCUT2D eigenvalue weighted by molar-refractivity contribution is 5.46. The first-order valence-electron chi connectivity index (χ1n) is 6.85. The van der Waals surface area contributed by atoms with Crippen molar-refractivity contribution in [1.82, 2.24) is 0 Å². The molecule has 2 heteroatoms. The summed E-state index contributed by atoms with van der Waals surface area (Å²) in [6.45, 7) is 0.278. The van der Waals surface area contributed by atoms with E-state index in [1.165, 1.54) is 43.4 Å². The lowest BCUT2D eigenvalue weighted by molar-refractivity contribution is 0.288. The van der Waals surface area contributed by atoms with E-state index in [-0.39, 0.29) is 6.61 Å². The summed E-state index contributed by atoms with van der Waals surface area (Å²) in [5.41, 5.74) is 2.56. The standard InChI is InChI=1S/C15H23NO/c17-11-5-7-13-6-4-10-15(12-13)16-14-8-2-1-3-9-14/h4,6,10,12,14,16-17H,1-3,5,7-9,11H2. The molecule has 0 atom stereocenters. The van der Waals surface area contributed by atoms with Gasteiger partial charge in [-0.15, -0.1) is 0 Å². The van der Waals surface area contributed by atoms with E-state index in [0.29, 0.717) is 6.04 Å². The molecule has 2 nitrogen and oxygen atoms in total. The summed E-state index contributed by atoms with van der Waals surface area (Å²) in [5, 5.41) is 12.5. The molecule has 1 aromatic rings. The summed E-state index contributed by atoms with van der Waals surface area (Å²) in [4.78, 5) is 0. The van der Waals surface area contributed by atoms with Gasteiger partial charge in [0.2, 0.25) is 0 Å². The molecule has 0 aromatic heterocycles. The highest BCUT2D eigenvalue weighted by atomic mass is 16.2. The maximum Gasteiger partial charge on any atom is 0.0434 e. The molecule has 0 unspecified atom stereocenters. The van der Waals surface area contributed by atoms with Gasteiger partial charge >= 0.3 is 0 Å². The Morgan fingerprint density at radius 3 is 2.76 bits per heavy atom. The molecule has 0 aliphatic heterocycles. The molecular weight excluding hydrogens is 210 g/mol. The van der Waals surface area contributed by atoms with E-state index in [1.54, 1.807) is 0 Å². The number of aliphatic hydroxyl groups is 1. The van der Waals surface area contributed by atoms with Gasteiger partial charge in [-0.3, -0.25) is 0 Å². The number of hydrogen-bond donors (Lipinski definition) is 2. The zero-order valence-electron chi connectivity index (χ0n) is 10.5. The number of hydrogen-bond acceptors (Lipinski definition) is 2. The Balaban J connectivity index is 1.90. The van der Waals surface area contributed by atoms with Crippen LogP contribution in [0.1, 0.15) is 44.1 Å². The Labute approximate surface area is 104 Å². The summed E-state index contributed by atoms with van der Waals surface area (Å²) >= 11 is 0. The minimum absolute atomic E-state index is 0.278. The molecule has 0 saturated heterocycles. The third kappa shape index (κ3) is 4.04. The minimum atomic E-state index is 0.278. The van der Waals surface area contributed by atoms with Gasteiger partial charge in [-0.05, 0) is 43.4 Å². The first-order valence-corrected chi connectivity index (χ1v) is 6.85. The first kappa shape index (κ1) is 12.4. The van der Waals surface area contributed by atoms with Crippen LogP contribution in [-0.4, -0.2) is 17.8 Å². The van der Waals surface area contributed by atoms with Crippen molar-refractivity contribution in [3.8, 4) is 0 Å². The van der Waals surface area contributed by atoms with Crippen LogP contribution in [0.3, 0.4) is 0 Å². The second-order valence-corrected chi connectivity index (χ2v) is 5.01. The van der Waals surface area contributed by atoms with Crippen molar-refractivity contribution in [2.75, 3.05) is 11.9 Å². The molecule has 2 rings (SSSR count). The Kier molecular flexibility index (Phi) is 4.87. The van der Waals surface area contributed by atoms with Crippen LogP contribution < -0.4 is 5.32 Å². The van der Waals surface area contributed by atoms with Crippen molar-refractivity contribution in [2.45, 2.75) is 51.0 Å². The fourth-order valence-corrected chi connectivity index (χ4v) is 2.58. The SMILES string of the molecule is OCCCc1cccc(NC2CCCCC2)c1. The molecule has 0 amide bonds. The lowest BCUT2D eigenvalue weighted by Crippen LogP contribution is -2.22. The fraction of sp³-hybridized carbons (Fsp3) is 0.600. The van der Waals surface area contributed by atoms with E-state index in [1.807, 2.05) is 0 Å². The van der Waals surface area contributed by atoms with Gasteiger partial charge in [0.15, 0.2) is 0 Å². The van der Waals surface area contributed by atoms with Gasteiger partial charge < -0.3 is 10.4 Å². The summed E-state index contributed by atoms with van der Waals surface area (Å²) in [6.07, 6.45) is 8.56. The van der Waals surface area contributed by atoms with Crippen LogP contribution >= 0.6 is 0 Å². The Bertz CT molecular complexity index is 331. The second-order valence-electron chi connectivity index (χ2n) is 5.01. The highest BCUT2D eigenvalue weighted by Gasteiger charge is 2.12. The lowest BCUT2D eigenvalue weighted by atomic mass is 9.95. The largest absolute Gasteiger partial charge is 0.396 e. The van der Waals surface area contributed by atoms with Crippen molar-refractivity contribution in [3.05, 3.63) is 29.8 Å². The quantitative estimate of drug-likeness (QED) is 0.817. The third-order valence-electron chi connectivity index (χ3n) is 3.53. The molecule has 0 radical (unpaired) electrons. The van der Waals surface area contributed by atoms with Crippen LogP contribution in [0.4, 0.5) is 5.69 Å². The molecule has 1 saturated carbocycles. The molecule has 0 heterocycles. The molecular formula is C15H23NO. The zero-order chi connectivity index (χ0) is 11.9. The van der Waals surface area contributed by atoms with E-state index < -0.39 is 0 Å². The van der Waals surface area contributed by atoms with E-state index >= 15 is 0 Å². The molecule has 1 fully saturated rings. The number of benzene rings is 1. The molecule has 0 spiro atoms. The predicted octanol–water partition coefficient (Wildman–Crippen LogP) is 3.36. The number of anilines is 1. The number of aliphatic hydroxyl groups excluding tert-OH is 1. The smallest absolute Gasteiger partial charge is 0.0434 e. The molecule has 2 N–H and O–H groups in total. The van der Waals surface area contributed by atoms with Crippen molar-refractivity contribution in [1.29, 1.82) is 0 Å². The van der Waals surface area contributed by atoms with Crippen LogP contribution in [0.15, 0.2) is 24.3 Å². The second kappa shape index (κ2) is 6.65. The van der Waals surface area contributed by atoms with E-state index in [9.17, 15) is 0 Å². The fourth-order valence-electron chi connectivity index (χ4n) is 2.58. The van der Waals surface area contributed by atoms with Crippen molar-refractivity contribution >= 4 is 5.69 Å². The number of nitrogens with one attached hydrogen (secondary N) is 1. The minimum Gasteiger partial charge on any atom is -0.396 e. The van der Waals surface area contributed by atoms with Crippen LogP contribution in [0.2, 0.25) is 0 Å². The molecule has 1 aliphatic rings. The van der Waals surface area contributed by atoms with Gasteiger partial charge in [0.25, 0.3) is 0 Å². The molecule has 1 aliphatic carbocycles. The van der Waals surface area contributed by atoms with E-state index in [4.69, 9.17) is 5.11 Å². The Morgan fingerprint density at radius 2 is 2.00 bits per heavy atom. The summed E-state index contributed by atoms with van der Waals surface area (Å²) < 4.78 is 0. The Hall–Kier alpha value is -1.02. The Morgan fingerprint density at radius 1 is 1.18 bits per heavy atom. The third-order valence-corrected chi connectivity index (χ3v) is 3.53. The molecule has 94 valence electrons. The number of rotatable bonds is 5. The van der Waals surface area contributed by atoms with Crippen molar-refractivity contribution in [3.63, 3.8) is 0 Å². The van der Waals surface area contributed by atoms with Gasteiger partial charge in [0.05, 0.1) is 0 Å². The molecule has 0 bridgehead atoms. The maximum atomic E-state index is 8.84. The molecule has 1 aromatic carbocycles. The predicted molar refractivity (Wildman–Crippen MR) is 72.3 cm³/mol. The molecule has 17 heavy (non-hydrogen) atoms. The zero-order valence-corrected chi connectivity index (χ0v) is 10.5. The summed E-state index contributed by atoms with van der Waals surface area (Å²) in [7, 11) is 0. The average molecular weight is 233 g/mol. The maximum absolute atomic E-state index is 8.84. The summed E-state index contributed by atoms with van der Waals surface area (Å²) in [6, 6.07) is 9.29. The van der Waals surface area contributed by atoms with E-state index in [2.05, 4.69) is 29.6 Å². The van der Waals surface area contributed by atoms with Crippen LogP contribution in [0.5, 0.6) is 0 Å². The number of aryl methyl sites for hydroxylation is 1. The van der Waals surface area contributed by atoms with E-state index in [0.717, 1.165) is 12.8 Å². The monoisotopic (exact) mass is 233 g/mol.